The number of phosphoric acid groups is 1. The van der Waals surface area contributed by atoms with Gasteiger partial charge in [-0.05, 0) is 67.4 Å². The Kier molecular flexibility index (Phi) is 9.27. The van der Waals surface area contributed by atoms with E-state index in [1.54, 1.807) is 31.2 Å². The number of ether oxygens (including phenoxy) is 1. The summed E-state index contributed by atoms with van der Waals surface area (Å²) < 4.78 is 21.6. The third-order valence-electron chi connectivity index (χ3n) is 6.43. The second-order valence-corrected chi connectivity index (χ2v) is 11.4. The molecular formula is C27H32ClO8P. The summed E-state index contributed by atoms with van der Waals surface area (Å²) in [7, 11) is -4.66. The average Bonchev–Trinajstić information content (AvgIpc) is 2.78. The van der Waals surface area contributed by atoms with Gasteiger partial charge in [0, 0.05) is 18.1 Å². The van der Waals surface area contributed by atoms with Gasteiger partial charge in [-0.2, -0.15) is 0 Å². The van der Waals surface area contributed by atoms with Crippen LogP contribution in [0, 0.1) is 11.8 Å². The molecule has 0 spiro atoms. The maximum absolute atomic E-state index is 11.4. The van der Waals surface area contributed by atoms with Gasteiger partial charge in [0.2, 0.25) is 0 Å². The van der Waals surface area contributed by atoms with Crippen molar-refractivity contribution >= 4 is 31.5 Å². The third kappa shape index (κ3) is 8.45. The van der Waals surface area contributed by atoms with E-state index in [1.807, 2.05) is 0 Å². The maximum Gasteiger partial charge on any atom is 0.524 e. The van der Waals surface area contributed by atoms with E-state index in [-0.39, 0.29) is 35.5 Å². The van der Waals surface area contributed by atoms with Gasteiger partial charge >= 0.3 is 13.8 Å². The van der Waals surface area contributed by atoms with Crippen LogP contribution in [0.2, 0.25) is 5.02 Å². The molecule has 4 N–H and O–H groups in total. The first-order valence-corrected chi connectivity index (χ1v) is 13.7. The van der Waals surface area contributed by atoms with E-state index in [2.05, 4.69) is 18.0 Å². The molecule has 0 bridgehead atoms. The van der Waals surface area contributed by atoms with Crippen LogP contribution in [0.3, 0.4) is 0 Å². The van der Waals surface area contributed by atoms with Gasteiger partial charge < -0.3 is 19.5 Å². The molecule has 0 aliphatic heterocycles. The fraction of sp³-hybridized carbons (Fsp3) is 0.370. The molecule has 1 aliphatic carbocycles. The monoisotopic (exact) mass is 550 g/mol. The van der Waals surface area contributed by atoms with Crippen LogP contribution in [-0.4, -0.2) is 31.6 Å². The summed E-state index contributed by atoms with van der Waals surface area (Å²) in [5.74, 6) is -0.381. The quantitative estimate of drug-likeness (QED) is 0.166. The number of rotatable bonds is 10. The summed E-state index contributed by atoms with van der Waals surface area (Å²) in [6.07, 6.45) is 5.24. The second-order valence-electron chi connectivity index (χ2n) is 9.87. The first kappa shape index (κ1) is 29.0. The summed E-state index contributed by atoms with van der Waals surface area (Å²) in [4.78, 5) is 29.0. The van der Waals surface area contributed by atoms with Crippen molar-refractivity contribution < 1.29 is 38.6 Å². The number of aliphatic carboxylic acids is 1. The fourth-order valence-electron chi connectivity index (χ4n) is 4.71. The highest BCUT2D eigenvalue weighted by atomic mass is 35.5. The zero-order valence-electron chi connectivity index (χ0n) is 20.8. The molecule has 0 aromatic heterocycles. The number of carboxylic acid groups (broad SMARTS) is 1. The molecule has 37 heavy (non-hydrogen) atoms. The molecule has 1 aliphatic rings. The van der Waals surface area contributed by atoms with E-state index in [0.29, 0.717) is 22.6 Å². The molecule has 10 heteroatoms. The molecule has 0 heterocycles. The van der Waals surface area contributed by atoms with Crippen molar-refractivity contribution in [3.05, 3.63) is 76.3 Å². The summed E-state index contributed by atoms with van der Waals surface area (Å²) >= 11 is 6.75. The molecule has 0 saturated heterocycles. The lowest BCUT2D eigenvalue weighted by Crippen LogP contribution is -2.40. The number of carbonyl (C=O) groups is 1. The Morgan fingerprint density at radius 2 is 1.89 bits per heavy atom. The van der Waals surface area contributed by atoms with E-state index in [1.165, 1.54) is 18.2 Å². The summed E-state index contributed by atoms with van der Waals surface area (Å²) in [5.41, 5.74) is 1.88. The number of aliphatic hydroxyl groups is 1. The smallest absolute Gasteiger partial charge is 0.487 e. The summed E-state index contributed by atoms with van der Waals surface area (Å²) in [5, 5.41) is 20.8. The van der Waals surface area contributed by atoms with Crippen LogP contribution in [0.15, 0.2) is 54.6 Å². The van der Waals surface area contributed by atoms with E-state index >= 15 is 0 Å². The SMILES string of the molecule is C=C1CC(C)CC(C(C)(O)Cc2ccc(/C=C/C(=O)O)c(OCc3ccc(OP(=O)(O)O)cc3)c2Cl)C1. The Morgan fingerprint density at radius 1 is 1.22 bits per heavy atom. The fourth-order valence-corrected chi connectivity index (χ4v) is 5.40. The normalized spacial score (nSPS) is 20.0. The summed E-state index contributed by atoms with van der Waals surface area (Å²) in [6, 6.07) is 9.43. The van der Waals surface area contributed by atoms with Gasteiger partial charge in [-0.3, -0.25) is 9.79 Å². The predicted octanol–water partition coefficient (Wildman–Crippen LogP) is 5.77. The van der Waals surface area contributed by atoms with E-state index in [4.69, 9.17) is 31.2 Å². The van der Waals surface area contributed by atoms with Crippen LogP contribution < -0.4 is 9.26 Å². The van der Waals surface area contributed by atoms with Crippen LogP contribution in [-0.2, 0) is 22.4 Å². The molecule has 1 saturated carbocycles. The Bertz CT molecular complexity index is 1220. The van der Waals surface area contributed by atoms with Crippen LogP contribution in [0.4, 0.5) is 0 Å². The van der Waals surface area contributed by atoms with Gasteiger partial charge in [-0.25, -0.2) is 9.36 Å². The van der Waals surface area contributed by atoms with E-state index < -0.39 is 19.4 Å². The van der Waals surface area contributed by atoms with Crippen molar-refractivity contribution in [3.63, 3.8) is 0 Å². The molecule has 3 atom stereocenters. The molecule has 2 aromatic rings. The van der Waals surface area contributed by atoms with Gasteiger partial charge in [0.05, 0.1) is 10.6 Å². The number of hydrogen-bond donors (Lipinski definition) is 4. The first-order valence-electron chi connectivity index (χ1n) is 11.8. The van der Waals surface area contributed by atoms with Crippen molar-refractivity contribution in [1.29, 1.82) is 0 Å². The molecule has 200 valence electrons. The Hall–Kier alpha value is -2.61. The topological polar surface area (TPSA) is 134 Å². The van der Waals surface area contributed by atoms with Crippen LogP contribution in [0.25, 0.3) is 6.08 Å². The van der Waals surface area contributed by atoms with Gasteiger partial charge in [0.25, 0.3) is 0 Å². The molecular weight excluding hydrogens is 519 g/mol. The third-order valence-corrected chi connectivity index (χ3v) is 7.29. The number of hydrogen-bond acceptors (Lipinski definition) is 5. The highest BCUT2D eigenvalue weighted by Gasteiger charge is 2.36. The predicted molar refractivity (Wildman–Crippen MR) is 142 cm³/mol. The van der Waals surface area contributed by atoms with E-state index in [0.717, 1.165) is 30.9 Å². The Morgan fingerprint density at radius 3 is 2.49 bits per heavy atom. The Balaban J connectivity index is 1.85. The number of phosphoric ester groups is 1. The Labute approximate surface area is 221 Å². The lowest BCUT2D eigenvalue weighted by atomic mass is 9.70. The minimum Gasteiger partial charge on any atom is -0.487 e. The number of carboxylic acids is 1. The van der Waals surface area contributed by atoms with Crippen molar-refractivity contribution in [2.24, 2.45) is 11.8 Å². The molecule has 3 unspecified atom stereocenters. The van der Waals surface area contributed by atoms with E-state index in [9.17, 15) is 14.5 Å². The van der Waals surface area contributed by atoms with Crippen molar-refractivity contribution in [1.82, 2.24) is 0 Å². The van der Waals surface area contributed by atoms with Gasteiger partial charge in [0.1, 0.15) is 18.1 Å². The standard InChI is InChI=1S/C27H32ClO8P/c1-17-12-18(2)14-22(13-17)27(3,31)15-21-7-6-20(8-11-24(29)30)26(25(21)28)35-16-19-4-9-23(10-5-19)36-37(32,33)34/h4-11,18,22,31H,1,12-16H2,2-3H3,(H,29,30)(H2,32,33,34)/b11-8+. The first-order chi connectivity index (χ1) is 17.2. The average molecular weight is 551 g/mol. The van der Waals surface area contributed by atoms with Crippen molar-refractivity contribution in [2.75, 3.05) is 0 Å². The van der Waals surface area contributed by atoms with Crippen molar-refractivity contribution in [2.45, 2.75) is 51.7 Å². The van der Waals surface area contributed by atoms with Crippen LogP contribution >= 0.6 is 19.4 Å². The minimum atomic E-state index is -4.66. The van der Waals surface area contributed by atoms with Gasteiger partial charge in [-0.15, -0.1) is 0 Å². The highest BCUT2D eigenvalue weighted by molar-refractivity contribution is 7.46. The highest BCUT2D eigenvalue weighted by Crippen LogP contribution is 2.42. The van der Waals surface area contributed by atoms with Gasteiger partial charge in [-0.1, -0.05) is 54.9 Å². The molecule has 1 fully saturated rings. The zero-order chi connectivity index (χ0) is 27.4. The second kappa shape index (κ2) is 11.8. The summed E-state index contributed by atoms with van der Waals surface area (Å²) in [6.45, 7) is 8.13. The largest absolute Gasteiger partial charge is 0.524 e. The van der Waals surface area contributed by atoms with Crippen LogP contribution in [0.5, 0.6) is 11.5 Å². The lowest BCUT2D eigenvalue weighted by Gasteiger charge is -2.39. The number of benzene rings is 2. The molecule has 3 rings (SSSR count). The molecule has 2 aromatic carbocycles. The minimum absolute atomic E-state index is 0.00383. The van der Waals surface area contributed by atoms with Crippen molar-refractivity contribution in [3.8, 4) is 11.5 Å². The maximum atomic E-state index is 11.4. The molecule has 0 amide bonds. The van der Waals surface area contributed by atoms with Gasteiger partial charge in [0.15, 0.2) is 0 Å². The number of allylic oxidation sites excluding steroid dienone is 1. The molecule has 8 nitrogen and oxygen atoms in total. The molecule has 0 radical (unpaired) electrons. The zero-order valence-corrected chi connectivity index (χ0v) is 22.4. The lowest BCUT2D eigenvalue weighted by molar-refractivity contribution is -0.131. The number of halogens is 1. The van der Waals surface area contributed by atoms with Crippen LogP contribution in [0.1, 0.15) is 49.8 Å².